The van der Waals surface area contributed by atoms with E-state index in [9.17, 15) is 14.7 Å². The van der Waals surface area contributed by atoms with Crippen molar-refractivity contribution in [3.63, 3.8) is 0 Å². The third-order valence-corrected chi connectivity index (χ3v) is 4.09. The first-order chi connectivity index (χ1) is 10.3. The van der Waals surface area contributed by atoms with Gasteiger partial charge in [0.1, 0.15) is 0 Å². The van der Waals surface area contributed by atoms with E-state index in [0.29, 0.717) is 11.5 Å². The first-order valence-corrected chi connectivity index (χ1v) is 7.66. The Morgan fingerprint density at radius 1 is 1.27 bits per heavy atom. The molecule has 120 valence electrons. The predicted octanol–water partition coefficient (Wildman–Crippen LogP) is 1.94. The zero-order chi connectivity index (χ0) is 16.3. The second-order valence-electron chi connectivity index (χ2n) is 6.43. The van der Waals surface area contributed by atoms with Crippen LogP contribution in [0.3, 0.4) is 0 Å². The van der Waals surface area contributed by atoms with Gasteiger partial charge in [-0.1, -0.05) is 26.0 Å². The maximum Gasteiger partial charge on any atom is 0.335 e. The summed E-state index contributed by atoms with van der Waals surface area (Å²) in [7, 11) is 0. The molecular weight excluding hydrogens is 282 g/mol. The first-order valence-electron chi connectivity index (χ1n) is 7.66. The molecule has 0 unspecified atom stereocenters. The van der Waals surface area contributed by atoms with Crippen LogP contribution in [0.1, 0.15) is 42.6 Å². The van der Waals surface area contributed by atoms with E-state index < -0.39 is 11.6 Å². The Kier molecular flexibility index (Phi) is 4.86. The summed E-state index contributed by atoms with van der Waals surface area (Å²) in [6.07, 6.45) is 1.05. The third kappa shape index (κ3) is 3.65. The van der Waals surface area contributed by atoms with Gasteiger partial charge in [-0.3, -0.25) is 4.79 Å². The van der Waals surface area contributed by atoms with E-state index in [1.165, 1.54) is 0 Å². The SMILES string of the molecule is CC(C)Cc1cccc(C(=O)N2CCC(O)(C(=O)O)CC2)c1. The van der Waals surface area contributed by atoms with Crippen molar-refractivity contribution in [1.82, 2.24) is 4.90 Å². The van der Waals surface area contributed by atoms with Crippen LogP contribution in [0.4, 0.5) is 0 Å². The standard InChI is InChI=1S/C17H23NO4/c1-12(2)10-13-4-3-5-14(11-13)15(19)18-8-6-17(22,7-9-18)16(20)21/h3-5,11-12,22H,6-10H2,1-2H3,(H,20,21). The molecule has 0 aromatic heterocycles. The van der Waals surface area contributed by atoms with E-state index in [0.717, 1.165) is 12.0 Å². The molecule has 1 fully saturated rings. The highest BCUT2D eigenvalue weighted by molar-refractivity contribution is 5.94. The summed E-state index contributed by atoms with van der Waals surface area (Å²) in [6, 6.07) is 7.57. The number of benzene rings is 1. The van der Waals surface area contributed by atoms with Crippen LogP contribution in [-0.2, 0) is 11.2 Å². The molecular formula is C17H23NO4. The lowest BCUT2D eigenvalue weighted by Crippen LogP contribution is -2.50. The number of carbonyl (C=O) groups is 2. The smallest absolute Gasteiger partial charge is 0.335 e. The lowest BCUT2D eigenvalue weighted by molar-refractivity contribution is -0.162. The van der Waals surface area contributed by atoms with Crippen LogP contribution in [0.5, 0.6) is 0 Å². The Balaban J connectivity index is 2.05. The van der Waals surface area contributed by atoms with Crippen molar-refractivity contribution in [2.75, 3.05) is 13.1 Å². The Labute approximate surface area is 130 Å². The minimum atomic E-state index is -1.70. The largest absolute Gasteiger partial charge is 0.479 e. The number of piperidine rings is 1. The Morgan fingerprint density at radius 3 is 2.45 bits per heavy atom. The van der Waals surface area contributed by atoms with Gasteiger partial charge in [-0.25, -0.2) is 4.79 Å². The minimum Gasteiger partial charge on any atom is -0.479 e. The van der Waals surface area contributed by atoms with E-state index in [2.05, 4.69) is 13.8 Å². The summed E-state index contributed by atoms with van der Waals surface area (Å²) < 4.78 is 0. The van der Waals surface area contributed by atoms with Crippen molar-refractivity contribution < 1.29 is 19.8 Å². The lowest BCUT2D eigenvalue weighted by Gasteiger charge is -2.35. The van der Waals surface area contributed by atoms with Gasteiger partial charge in [0.2, 0.25) is 0 Å². The number of nitrogens with zero attached hydrogens (tertiary/aromatic N) is 1. The van der Waals surface area contributed by atoms with Crippen molar-refractivity contribution in [3.05, 3.63) is 35.4 Å². The number of aliphatic carboxylic acids is 1. The molecule has 0 radical (unpaired) electrons. The number of likely N-dealkylation sites (tertiary alicyclic amines) is 1. The molecule has 1 heterocycles. The van der Waals surface area contributed by atoms with Gasteiger partial charge in [-0.05, 0) is 30.0 Å². The van der Waals surface area contributed by atoms with Crippen LogP contribution in [-0.4, -0.2) is 45.7 Å². The zero-order valence-electron chi connectivity index (χ0n) is 13.1. The van der Waals surface area contributed by atoms with Gasteiger partial charge in [0, 0.05) is 31.5 Å². The molecule has 1 aliphatic rings. The maximum absolute atomic E-state index is 12.5. The number of carbonyl (C=O) groups excluding carboxylic acids is 1. The van der Waals surface area contributed by atoms with Gasteiger partial charge in [-0.2, -0.15) is 0 Å². The van der Waals surface area contributed by atoms with Gasteiger partial charge in [0.05, 0.1) is 0 Å². The Hall–Kier alpha value is -1.88. The molecule has 0 saturated carbocycles. The van der Waals surface area contributed by atoms with Crippen molar-refractivity contribution in [2.45, 2.75) is 38.7 Å². The van der Waals surface area contributed by atoms with Crippen LogP contribution in [0.25, 0.3) is 0 Å². The molecule has 0 bridgehead atoms. The lowest BCUT2D eigenvalue weighted by atomic mass is 9.91. The van der Waals surface area contributed by atoms with Crippen LogP contribution in [0.15, 0.2) is 24.3 Å². The van der Waals surface area contributed by atoms with Crippen molar-refractivity contribution in [3.8, 4) is 0 Å². The van der Waals surface area contributed by atoms with Crippen LogP contribution in [0, 0.1) is 5.92 Å². The van der Waals surface area contributed by atoms with Crippen molar-refractivity contribution in [2.24, 2.45) is 5.92 Å². The van der Waals surface area contributed by atoms with E-state index in [4.69, 9.17) is 5.11 Å². The minimum absolute atomic E-state index is 0.0692. The van der Waals surface area contributed by atoms with Crippen LogP contribution in [0.2, 0.25) is 0 Å². The third-order valence-electron chi connectivity index (χ3n) is 4.09. The fraction of sp³-hybridized carbons (Fsp3) is 0.529. The number of carboxylic acids is 1. The zero-order valence-corrected chi connectivity index (χ0v) is 13.1. The van der Waals surface area contributed by atoms with Crippen molar-refractivity contribution in [1.29, 1.82) is 0 Å². The van der Waals surface area contributed by atoms with E-state index >= 15 is 0 Å². The average molecular weight is 305 g/mol. The normalized spacial score (nSPS) is 17.5. The summed E-state index contributed by atoms with van der Waals surface area (Å²) in [6.45, 7) is 4.78. The molecule has 1 aromatic rings. The van der Waals surface area contributed by atoms with E-state index in [-0.39, 0.29) is 31.8 Å². The molecule has 5 heteroatoms. The number of carboxylic acid groups (broad SMARTS) is 1. The molecule has 0 aliphatic carbocycles. The second kappa shape index (κ2) is 6.48. The van der Waals surface area contributed by atoms with Gasteiger partial charge in [0.15, 0.2) is 5.60 Å². The highest BCUT2D eigenvalue weighted by Crippen LogP contribution is 2.24. The molecule has 1 amide bonds. The maximum atomic E-state index is 12.5. The van der Waals surface area contributed by atoms with Crippen LogP contribution >= 0.6 is 0 Å². The molecule has 22 heavy (non-hydrogen) atoms. The fourth-order valence-corrected chi connectivity index (χ4v) is 2.78. The summed E-state index contributed by atoms with van der Waals surface area (Å²) in [5.41, 5.74) is 0.0508. The highest BCUT2D eigenvalue weighted by Gasteiger charge is 2.40. The van der Waals surface area contributed by atoms with Crippen LogP contribution < -0.4 is 0 Å². The molecule has 2 rings (SSSR count). The van der Waals surface area contributed by atoms with E-state index in [1.807, 2.05) is 18.2 Å². The predicted molar refractivity (Wildman–Crippen MR) is 82.7 cm³/mol. The second-order valence-corrected chi connectivity index (χ2v) is 6.43. The number of rotatable bonds is 4. The topological polar surface area (TPSA) is 77.8 Å². The average Bonchev–Trinajstić information content (AvgIpc) is 2.47. The quantitative estimate of drug-likeness (QED) is 0.891. The molecule has 5 nitrogen and oxygen atoms in total. The molecule has 2 N–H and O–H groups in total. The summed E-state index contributed by atoms with van der Waals surface area (Å²) in [5, 5.41) is 18.9. The number of amides is 1. The van der Waals surface area contributed by atoms with Gasteiger partial charge >= 0.3 is 5.97 Å². The fourth-order valence-electron chi connectivity index (χ4n) is 2.78. The molecule has 1 aliphatic heterocycles. The van der Waals surface area contributed by atoms with Crippen molar-refractivity contribution >= 4 is 11.9 Å². The summed E-state index contributed by atoms with van der Waals surface area (Å²) in [4.78, 5) is 25.1. The van der Waals surface area contributed by atoms with E-state index in [1.54, 1.807) is 11.0 Å². The first kappa shape index (κ1) is 16.5. The molecule has 0 spiro atoms. The highest BCUT2D eigenvalue weighted by atomic mass is 16.4. The molecule has 1 aromatic carbocycles. The van der Waals surface area contributed by atoms with Gasteiger partial charge in [-0.15, -0.1) is 0 Å². The number of hydrogen-bond acceptors (Lipinski definition) is 3. The van der Waals surface area contributed by atoms with Gasteiger partial charge < -0.3 is 15.1 Å². The Morgan fingerprint density at radius 2 is 1.91 bits per heavy atom. The number of hydrogen-bond donors (Lipinski definition) is 2. The summed E-state index contributed by atoms with van der Waals surface area (Å²) >= 11 is 0. The molecule has 1 saturated heterocycles. The molecule has 0 atom stereocenters. The monoisotopic (exact) mass is 305 g/mol. The number of aliphatic hydroxyl groups is 1. The van der Waals surface area contributed by atoms with Gasteiger partial charge in [0.25, 0.3) is 5.91 Å². The summed E-state index contributed by atoms with van der Waals surface area (Å²) in [5.74, 6) is -0.789. The Bertz CT molecular complexity index is 560.